The predicted molar refractivity (Wildman–Crippen MR) is 74.9 cm³/mol. The van der Waals surface area contributed by atoms with Crippen LogP contribution in [0.25, 0.3) is 0 Å². The molecular weight excluding hydrogens is 268 g/mol. The normalized spacial score (nSPS) is 23.4. The summed E-state index contributed by atoms with van der Waals surface area (Å²) >= 11 is 5.92. The van der Waals surface area contributed by atoms with Crippen molar-refractivity contribution in [2.24, 2.45) is 0 Å². The quantitative estimate of drug-likeness (QED) is 0.486. The first-order chi connectivity index (χ1) is 9.01. The van der Waals surface area contributed by atoms with E-state index in [0.717, 1.165) is 24.3 Å². The number of alkyl halides is 1. The van der Waals surface area contributed by atoms with Gasteiger partial charge in [-0.15, -0.1) is 11.6 Å². The SMILES string of the molecule is C[C@@H]1CN(c2ccc([N+](=O)[O-])cc2CCl)C[C@H](C)O1. The Morgan fingerprint density at radius 2 is 2.05 bits per heavy atom. The van der Waals surface area contributed by atoms with Crippen molar-refractivity contribution in [2.75, 3.05) is 18.0 Å². The molecule has 1 fully saturated rings. The molecule has 0 spiro atoms. The highest BCUT2D eigenvalue weighted by Crippen LogP contribution is 2.29. The van der Waals surface area contributed by atoms with E-state index in [0.29, 0.717) is 0 Å². The minimum Gasteiger partial charge on any atom is -0.372 e. The molecule has 0 unspecified atom stereocenters. The number of halogens is 1. The van der Waals surface area contributed by atoms with Gasteiger partial charge in [-0.2, -0.15) is 0 Å². The van der Waals surface area contributed by atoms with Crippen LogP contribution in [0.1, 0.15) is 19.4 Å². The lowest BCUT2D eigenvalue weighted by Gasteiger charge is -2.37. The number of anilines is 1. The molecule has 0 N–H and O–H groups in total. The largest absolute Gasteiger partial charge is 0.372 e. The maximum absolute atomic E-state index is 10.8. The molecule has 0 radical (unpaired) electrons. The Morgan fingerprint density at radius 1 is 1.42 bits per heavy atom. The number of ether oxygens (including phenoxy) is 1. The number of morpholine rings is 1. The molecule has 1 heterocycles. The average Bonchev–Trinajstić information content (AvgIpc) is 2.36. The Morgan fingerprint density at radius 3 is 2.58 bits per heavy atom. The second kappa shape index (κ2) is 5.75. The molecule has 0 bridgehead atoms. The first-order valence-electron chi connectivity index (χ1n) is 6.25. The third-order valence-corrected chi connectivity index (χ3v) is 3.47. The molecule has 6 heteroatoms. The van der Waals surface area contributed by atoms with E-state index in [1.54, 1.807) is 12.1 Å². The molecule has 1 aliphatic heterocycles. The molecule has 0 aromatic heterocycles. The fourth-order valence-corrected chi connectivity index (χ4v) is 2.69. The maximum atomic E-state index is 10.8. The molecule has 1 saturated heterocycles. The number of hydrogen-bond donors (Lipinski definition) is 0. The highest BCUT2D eigenvalue weighted by Gasteiger charge is 2.24. The Bertz CT molecular complexity index is 471. The molecule has 0 aliphatic carbocycles. The van der Waals surface area contributed by atoms with Gasteiger partial charge in [0.2, 0.25) is 0 Å². The van der Waals surface area contributed by atoms with Crippen LogP contribution < -0.4 is 4.90 Å². The summed E-state index contributed by atoms with van der Waals surface area (Å²) in [6.07, 6.45) is 0.282. The first-order valence-corrected chi connectivity index (χ1v) is 6.78. The molecule has 5 nitrogen and oxygen atoms in total. The van der Waals surface area contributed by atoms with Crippen LogP contribution in [0.15, 0.2) is 18.2 Å². The lowest BCUT2D eigenvalue weighted by molar-refractivity contribution is -0.384. The van der Waals surface area contributed by atoms with Gasteiger partial charge in [0.1, 0.15) is 0 Å². The Balaban J connectivity index is 2.30. The van der Waals surface area contributed by atoms with Crippen molar-refractivity contribution in [3.05, 3.63) is 33.9 Å². The van der Waals surface area contributed by atoms with Crippen LogP contribution in [0.5, 0.6) is 0 Å². The second-order valence-electron chi connectivity index (χ2n) is 4.87. The third kappa shape index (κ3) is 3.16. The average molecular weight is 285 g/mol. The number of benzene rings is 1. The Labute approximate surface area is 117 Å². The summed E-state index contributed by atoms with van der Waals surface area (Å²) in [5.74, 6) is 0.261. The van der Waals surface area contributed by atoms with E-state index in [2.05, 4.69) is 4.90 Å². The summed E-state index contributed by atoms with van der Waals surface area (Å²) < 4.78 is 5.69. The molecular formula is C13H17ClN2O3. The van der Waals surface area contributed by atoms with Crippen LogP contribution >= 0.6 is 11.6 Å². The summed E-state index contributed by atoms with van der Waals surface area (Å²) in [6.45, 7) is 5.58. The fraction of sp³-hybridized carbons (Fsp3) is 0.538. The summed E-state index contributed by atoms with van der Waals surface area (Å²) in [5, 5.41) is 10.8. The van der Waals surface area contributed by atoms with E-state index < -0.39 is 4.92 Å². The molecule has 0 saturated carbocycles. The van der Waals surface area contributed by atoms with Gasteiger partial charge in [-0.1, -0.05) is 0 Å². The van der Waals surface area contributed by atoms with E-state index in [-0.39, 0.29) is 23.8 Å². The van der Waals surface area contributed by atoms with Crippen LogP contribution in [0.4, 0.5) is 11.4 Å². The molecule has 104 valence electrons. The number of rotatable bonds is 3. The van der Waals surface area contributed by atoms with E-state index in [1.165, 1.54) is 6.07 Å². The zero-order valence-electron chi connectivity index (χ0n) is 11.0. The van der Waals surface area contributed by atoms with Gasteiger partial charge in [-0.25, -0.2) is 0 Å². The van der Waals surface area contributed by atoms with Gasteiger partial charge >= 0.3 is 0 Å². The Kier molecular flexibility index (Phi) is 4.27. The topological polar surface area (TPSA) is 55.6 Å². The molecule has 2 rings (SSSR count). The van der Waals surface area contributed by atoms with Crippen molar-refractivity contribution in [1.82, 2.24) is 0 Å². The van der Waals surface area contributed by atoms with Gasteiger partial charge in [0.15, 0.2) is 0 Å². The minimum absolute atomic E-state index is 0.0776. The Hall–Kier alpha value is -1.33. The van der Waals surface area contributed by atoms with E-state index in [4.69, 9.17) is 16.3 Å². The molecule has 1 aliphatic rings. The standard InChI is InChI=1S/C13H17ClN2O3/c1-9-7-15(8-10(2)19-9)13-4-3-12(16(17)18)5-11(13)6-14/h3-5,9-10H,6-8H2,1-2H3/t9-,10+. The zero-order chi connectivity index (χ0) is 14.0. The maximum Gasteiger partial charge on any atom is 0.269 e. The molecule has 19 heavy (non-hydrogen) atoms. The van der Waals surface area contributed by atoms with Crippen molar-refractivity contribution in [3.8, 4) is 0 Å². The molecule has 0 amide bonds. The fourth-order valence-electron chi connectivity index (χ4n) is 2.48. The second-order valence-corrected chi connectivity index (χ2v) is 5.13. The van der Waals surface area contributed by atoms with Gasteiger partial charge in [-0.05, 0) is 25.5 Å². The van der Waals surface area contributed by atoms with Crippen molar-refractivity contribution in [1.29, 1.82) is 0 Å². The molecule has 1 aromatic rings. The lowest BCUT2D eigenvalue weighted by atomic mass is 10.1. The van der Waals surface area contributed by atoms with E-state index in [9.17, 15) is 10.1 Å². The number of nitro benzene ring substituents is 1. The van der Waals surface area contributed by atoms with Crippen LogP contribution in [0, 0.1) is 10.1 Å². The highest BCUT2D eigenvalue weighted by molar-refractivity contribution is 6.17. The summed E-state index contributed by atoms with van der Waals surface area (Å²) in [5.41, 5.74) is 1.83. The third-order valence-electron chi connectivity index (χ3n) is 3.18. The number of non-ortho nitro benzene ring substituents is 1. The van der Waals surface area contributed by atoms with Crippen molar-refractivity contribution < 1.29 is 9.66 Å². The summed E-state index contributed by atoms with van der Waals surface area (Å²) in [4.78, 5) is 12.6. The summed E-state index contributed by atoms with van der Waals surface area (Å²) in [7, 11) is 0. The monoisotopic (exact) mass is 284 g/mol. The van der Waals surface area contributed by atoms with Crippen molar-refractivity contribution >= 4 is 23.0 Å². The number of nitro groups is 1. The number of nitrogens with zero attached hydrogens (tertiary/aromatic N) is 2. The minimum atomic E-state index is -0.398. The summed E-state index contributed by atoms with van der Waals surface area (Å²) in [6, 6.07) is 4.85. The van der Waals surface area contributed by atoms with Crippen LogP contribution in [0.3, 0.4) is 0 Å². The van der Waals surface area contributed by atoms with Gasteiger partial charge in [0, 0.05) is 36.8 Å². The van der Waals surface area contributed by atoms with Gasteiger partial charge < -0.3 is 9.64 Å². The van der Waals surface area contributed by atoms with E-state index in [1.807, 2.05) is 13.8 Å². The van der Waals surface area contributed by atoms with E-state index >= 15 is 0 Å². The molecule has 1 aromatic carbocycles. The van der Waals surface area contributed by atoms with Crippen molar-refractivity contribution in [2.45, 2.75) is 31.9 Å². The van der Waals surface area contributed by atoms with Gasteiger partial charge in [0.25, 0.3) is 5.69 Å². The van der Waals surface area contributed by atoms with Crippen LogP contribution in [-0.4, -0.2) is 30.2 Å². The zero-order valence-corrected chi connectivity index (χ0v) is 11.8. The van der Waals surface area contributed by atoms with Crippen LogP contribution in [0.2, 0.25) is 0 Å². The highest BCUT2D eigenvalue weighted by atomic mass is 35.5. The van der Waals surface area contributed by atoms with Gasteiger partial charge in [0.05, 0.1) is 17.1 Å². The first kappa shape index (κ1) is 14.1. The van der Waals surface area contributed by atoms with Gasteiger partial charge in [-0.3, -0.25) is 10.1 Å². The van der Waals surface area contributed by atoms with Crippen LogP contribution in [-0.2, 0) is 10.6 Å². The smallest absolute Gasteiger partial charge is 0.269 e. The lowest BCUT2D eigenvalue weighted by Crippen LogP contribution is -2.45. The molecule has 2 atom stereocenters. The number of hydrogen-bond acceptors (Lipinski definition) is 4. The predicted octanol–water partition coefficient (Wildman–Crippen LogP) is 2.95. The van der Waals surface area contributed by atoms with Crippen molar-refractivity contribution in [3.63, 3.8) is 0 Å².